The predicted molar refractivity (Wildman–Crippen MR) is 59.6 cm³/mol. The number of rotatable bonds is 3. The number of carboxylic acids is 1. The van der Waals surface area contributed by atoms with Crippen molar-refractivity contribution in [3.05, 3.63) is 34.2 Å². The third kappa shape index (κ3) is 2.15. The molecule has 1 aromatic rings. The van der Waals surface area contributed by atoms with Crippen LogP contribution in [0.1, 0.15) is 36.2 Å². The van der Waals surface area contributed by atoms with E-state index < -0.39 is 5.97 Å². The van der Waals surface area contributed by atoms with E-state index in [-0.39, 0.29) is 11.3 Å². The molecule has 1 saturated carbocycles. The number of aromatic nitrogens is 1. The van der Waals surface area contributed by atoms with Gasteiger partial charge in [-0.05, 0) is 24.8 Å². The maximum Gasteiger partial charge on any atom is 0.352 e. The summed E-state index contributed by atoms with van der Waals surface area (Å²) in [6.45, 7) is 0.543. The first-order valence-corrected chi connectivity index (χ1v) is 5.61. The van der Waals surface area contributed by atoms with E-state index in [0.29, 0.717) is 12.5 Å². The largest absolute Gasteiger partial charge is 0.477 e. The second kappa shape index (κ2) is 4.51. The maximum atomic E-state index is 11.6. The quantitative estimate of drug-likeness (QED) is 0.845. The molecule has 0 spiro atoms. The average molecular weight is 221 g/mol. The van der Waals surface area contributed by atoms with Gasteiger partial charge >= 0.3 is 5.97 Å². The van der Waals surface area contributed by atoms with Gasteiger partial charge in [0.25, 0.3) is 5.56 Å². The first kappa shape index (κ1) is 10.9. The number of hydrogen-bond acceptors (Lipinski definition) is 2. The van der Waals surface area contributed by atoms with E-state index in [2.05, 4.69) is 0 Å². The van der Waals surface area contributed by atoms with Gasteiger partial charge in [0.2, 0.25) is 0 Å². The Hall–Kier alpha value is -1.58. The third-order valence-corrected chi connectivity index (χ3v) is 3.18. The molecule has 1 N–H and O–H groups in total. The van der Waals surface area contributed by atoms with Crippen LogP contribution in [-0.2, 0) is 6.54 Å². The monoisotopic (exact) mass is 221 g/mol. The summed E-state index contributed by atoms with van der Waals surface area (Å²) in [6, 6.07) is 4.40. The lowest BCUT2D eigenvalue weighted by Crippen LogP contribution is -2.27. The minimum absolute atomic E-state index is 0.0967. The molecule has 0 saturated heterocycles. The zero-order valence-corrected chi connectivity index (χ0v) is 9.06. The van der Waals surface area contributed by atoms with Crippen LogP contribution in [0.25, 0.3) is 0 Å². The lowest BCUT2D eigenvalue weighted by Gasteiger charge is -2.13. The van der Waals surface area contributed by atoms with Crippen molar-refractivity contribution in [2.45, 2.75) is 32.2 Å². The van der Waals surface area contributed by atoms with E-state index >= 15 is 0 Å². The highest BCUT2D eigenvalue weighted by Gasteiger charge is 2.18. The number of aromatic carboxylic acids is 1. The van der Waals surface area contributed by atoms with Crippen molar-refractivity contribution in [3.63, 3.8) is 0 Å². The van der Waals surface area contributed by atoms with Crippen molar-refractivity contribution in [1.29, 1.82) is 0 Å². The molecule has 16 heavy (non-hydrogen) atoms. The molecule has 1 aliphatic carbocycles. The highest BCUT2D eigenvalue weighted by atomic mass is 16.4. The predicted octanol–water partition coefficient (Wildman–Crippen LogP) is 1.74. The van der Waals surface area contributed by atoms with Gasteiger partial charge in [-0.1, -0.05) is 18.9 Å². The van der Waals surface area contributed by atoms with Crippen LogP contribution in [0.2, 0.25) is 0 Å². The topological polar surface area (TPSA) is 59.3 Å². The van der Waals surface area contributed by atoms with Gasteiger partial charge in [-0.2, -0.15) is 0 Å². The fourth-order valence-corrected chi connectivity index (χ4v) is 2.35. The van der Waals surface area contributed by atoms with Gasteiger partial charge < -0.3 is 9.67 Å². The first-order valence-electron chi connectivity index (χ1n) is 5.61. The summed E-state index contributed by atoms with van der Waals surface area (Å²) >= 11 is 0. The fraction of sp³-hybridized carbons (Fsp3) is 0.500. The Bertz CT molecular complexity index is 444. The molecule has 4 heteroatoms. The Balaban J connectivity index is 2.30. The van der Waals surface area contributed by atoms with Crippen molar-refractivity contribution in [2.24, 2.45) is 5.92 Å². The van der Waals surface area contributed by atoms with Crippen molar-refractivity contribution in [3.8, 4) is 0 Å². The van der Waals surface area contributed by atoms with Crippen LogP contribution in [0, 0.1) is 5.92 Å². The molecule has 1 heterocycles. The highest BCUT2D eigenvalue weighted by molar-refractivity contribution is 5.85. The second-order valence-electron chi connectivity index (χ2n) is 4.32. The van der Waals surface area contributed by atoms with E-state index in [4.69, 9.17) is 5.11 Å². The molecule has 4 nitrogen and oxygen atoms in total. The van der Waals surface area contributed by atoms with Gasteiger partial charge in [-0.15, -0.1) is 0 Å². The highest BCUT2D eigenvalue weighted by Crippen LogP contribution is 2.25. The Kier molecular flexibility index (Phi) is 3.08. The molecule has 1 fully saturated rings. The smallest absolute Gasteiger partial charge is 0.352 e. The Morgan fingerprint density at radius 1 is 1.38 bits per heavy atom. The van der Waals surface area contributed by atoms with Gasteiger partial charge in [-0.25, -0.2) is 4.79 Å². The molecule has 0 amide bonds. The minimum atomic E-state index is -1.03. The lowest BCUT2D eigenvalue weighted by atomic mass is 10.1. The molecular weight excluding hydrogens is 206 g/mol. The van der Waals surface area contributed by atoms with Crippen molar-refractivity contribution in [1.82, 2.24) is 4.57 Å². The summed E-state index contributed by atoms with van der Waals surface area (Å²) in [7, 11) is 0. The SMILES string of the molecule is O=C(O)c1cccc(=O)n1CC1CCCC1. The van der Waals surface area contributed by atoms with Crippen molar-refractivity contribution < 1.29 is 9.90 Å². The Labute approximate surface area is 93.5 Å². The standard InChI is InChI=1S/C12H15NO3/c14-11-7-3-6-10(12(15)16)13(11)8-9-4-1-2-5-9/h3,6-7,9H,1-2,4-5,8H2,(H,15,16). The molecule has 0 bridgehead atoms. The van der Waals surface area contributed by atoms with Crippen molar-refractivity contribution >= 4 is 5.97 Å². The third-order valence-electron chi connectivity index (χ3n) is 3.18. The van der Waals surface area contributed by atoms with E-state index in [1.54, 1.807) is 0 Å². The van der Waals surface area contributed by atoms with Gasteiger partial charge in [-0.3, -0.25) is 4.79 Å². The second-order valence-corrected chi connectivity index (χ2v) is 4.32. The van der Waals surface area contributed by atoms with E-state index in [1.807, 2.05) is 0 Å². The maximum absolute atomic E-state index is 11.6. The summed E-state index contributed by atoms with van der Waals surface area (Å²) in [6.07, 6.45) is 4.57. The zero-order valence-electron chi connectivity index (χ0n) is 9.06. The van der Waals surface area contributed by atoms with Crippen LogP contribution >= 0.6 is 0 Å². The molecule has 0 atom stereocenters. The van der Waals surface area contributed by atoms with Crippen LogP contribution in [0.15, 0.2) is 23.0 Å². The molecule has 0 unspecified atom stereocenters. The zero-order chi connectivity index (χ0) is 11.5. The summed E-state index contributed by atoms with van der Waals surface area (Å²) in [5.41, 5.74) is -0.119. The average Bonchev–Trinajstić information content (AvgIpc) is 2.73. The number of carbonyl (C=O) groups is 1. The summed E-state index contributed by atoms with van der Waals surface area (Å²) in [5.74, 6) is -0.575. The molecule has 1 aliphatic rings. The molecular formula is C12H15NO3. The van der Waals surface area contributed by atoms with Crippen LogP contribution in [0.3, 0.4) is 0 Å². The molecule has 2 rings (SSSR count). The molecule has 86 valence electrons. The van der Waals surface area contributed by atoms with Crippen LogP contribution in [0.4, 0.5) is 0 Å². The van der Waals surface area contributed by atoms with Gasteiger partial charge in [0.05, 0.1) is 0 Å². The lowest BCUT2D eigenvalue weighted by molar-refractivity contribution is 0.0682. The molecule has 0 aromatic carbocycles. The number of carboxylic acid groups (broad SMARTS) is 1. The van der Waals surface area contributed by atoms with Gasteiger partial charge in [0, 0.05) is 12.6 Å². The first-order chi connectivity index (χ1) is 7.68. The van der Waals surface area contributed by atoms with Gasteiger partial charge in [0.1, 0.15) is 5.69 Å². The molecule has 1 aromatic heterocycles. The summed E-state index contributed by atoms with van der Waals surface area (Å²) < 4.78 is 1.39. The normalized spacial score (nSPS) is 16.5. The summed E-state index contributed by atoms with van der Waals surface area (Å²) in [5, 5.41) is 9.00. The summed E-state index contributed by atoms with van der Waals surface area (Å²) in [4.78, 5) is 22.6. The molecule has 0 radical (unpaired) electrons. The number of nitrogens with zero attached hydrogens (tertiary/aromatic N) is 1. The van der Waals surface area contributed by atoms with Crippen LogP contribution in [-0.4, -0.2) is 15.6 Å². The van der Waals surface area contributed by atoms with E-state index in [9.17, 15) is 9.59 Å². The molecule has 0 aliphatic heterocycles. The number of hydrogen-bond donors (Lipinski definition) is 1. The Morgan fingerprint density at radius 3 is 2.69 bits per heavy atom. The number of pyridine rings is 1. The van der Waals surface area contributed by atoms with Crippen molar-refractivity contribution in [2.75, 3.05) is 0 Å². The van der Waals surface area contributed by atoms with E-state index in [1.165, 1.54) is 35.6 Å². The van der Waals surface area contributed by atoms with Crippen LogP contribution < -0.4 is 5.56 Å². The van der Waals surface area contributed by atoms with E-state index in [0.717, 1.165) is 12.8 Å². The minimum Gasteiger partial charge on any atom is -0.477 e. The van der Waals surface area contributed by atoms with Gasteiger partial charge in [0.15, 0.2) is 0 Å². The Morgan fingerprint density at radius 2 is 2.06 bits per heavy atom. The van der Waals surface area contributed by atoms with Crippen LogP contribution in [0.5, 0.6) is 0 Å². The fourth-order valence-electron chi connectivity index (χ4n) is 2.35.